The van der Waals surface area contributed by atoms with Crippen LogP contribution in [0.5, 0.6) is 0 Å². The van der Waals surface area contributed by atoms with Crippen LogP contribution in [0.2, 0.25) is 0 Å². The first-order valence-corrected chi connectivity index (χ1v) is 5.82. The summed E-state index contributed by atoms with van der Waals surface area (Å²) in [5.41, 5.74) is -0.252. The Balaban J connectivity index is 2.23. The maximum Gasteiger partial charge on any atom is 0.340 e. The first kappa shape index (κ1) is 11.3. The fraction of sp³-hybridized carbons (Fsp3) is 0.750. The van der Waals surface area contributed by atoms with Crippen molar-refractivity contribution < 1.29 is 0 Å². The molecule has 3 N–H and O–H groups in total. The quantitative estimate of drug-likeness (QED) is 0.640. The largest absolute Gasteiger partial charge is 0.340 e. The molecule has 1 rings (SSSR count). The molecule has 5 nitrogen and oxygen atoms in total. The smallest absolute Gasteiger partial charge is 0.306 e. The highest BCUT2D eigenvalue weighted by Crippen LogP contribution is 2.01. The fourth-order valence-corrected chi connectivity index (χ4v) is 1.72. The summed E-state index contributed by atoms with van der Waals surface area (Å²) in [4.78, 5) is 13.3. The van der Waals surface area contributed by atoms with Gasteiger partial charge in [-0.05, 0) is 12.7 Å². The van der Waals surface area contributed by atoms with Crippen molar-refractivity contribution in [1.82, 2.24) is 20.5 Å². The van der Waals surface area contributed by atoms with Crippen LogP contribution in [0.25, 0.3) is 0 Å². The summed E-state index contributed by atoms with van der Waals surface area (Å²) in [5, 5.41) is 9.41. The number of aromatic amines is 2. The summed E-state index contributed by atoms with van der Waals surface area (Å²) >= 11 is 1.89. The van der Waals surface area contributed by atoms with E-state index in [9.17, 15) is 4.79 Å². The van der Waals surface area contributed by atoms with Gasteiger partial charge in [0.1, 0.15) is 5.82 Å². The number of H-pyrrole nitrogens is 2. The molecule has 0 fully saturated rings. The van der Waals surface area contributed by atoms with Crippen molar-refractivity contribution in [1.29, 1.82) is 0 Å². The van der Waals surface area contributed by atoms with Gasteiger partial charge in [0, 0.05) is 11.8 Å². The van der Waals surface area contributed by atoms with Crippen LogP contribution >= 0.6 is 11.8 Å². The average molecular weight is 216 g/mol. The molecule has 1 aromatic rings. The maximum absolute atomic E-state index is 10.7. The number of rotatable bonds is 6. The third-order valence-corrected chi connectivity index (χ3v) is 2.88. The van der Waals surface area contributed by atoms with Crippen molar-refractivity contribution >= 4 is 11.8 Å². The molecule has 0 saturated heterocycles. The summed E-state index contributed by atoms with van der Waals surface area (Å²) in [6.07, 6.45) is 0. The van der Waals surface area contributed by atoms with E-state index in [0.717, 1.165) is 11.5 Å². The normalized spacial score (nSPS) is 13.0. The molecule has 0 bridgehead atoms. The van der Waals surface area contributed by atoms with Gasteiger partial charge in [-0.25, -0.2) is 9.89 Å². The van der Waals surface area contributed by atoms with E-state index in [4.69, 9.17) is 0 Å². The van der Waals surface area contributed by atoms with Gasteiger partial charge in [-0.2, -0.15) is 16.9 Å². The van der Waals surface area contributed by atoms with E-state index in [-0.39, 0.29) is 5.69 Å². The van der Waals surface area contributed by atoms with Gasteiger partial charge in [-0.15, -0.1) is 0 Å². The van der Waals surface area contributed by atoms with Gasteiger partial charge >= 0.3 is 5.69 Å². The molecule has 0 aliphatic rings. The minimum absolute atomic E-state index is 0.252. The van der Waals surface area contributed by atoms with Crippen molar-refractivity contribution in [2.75, 3.05) is 11.5 Å². The lowest BCUT2D eigenvalue weighted by Gasteiger charge is -2.10. The molecule has 0 aliphatic heterocycles. The second-order valence-electron chi connectivity index (χ2n) is 3.07. The first-order valence-electron chi connectivity index (χ1n) is 4.67. The number of hydrogen-bond donors (Lipinski definition) is 3. The molecule has 0 saturated carbocycles. The summed E-state index contributed by atoms with van der Waals surface area (Å²) in [7, 11) is 0. The van der Waals surface area contributed by atoms with Crippen LogP contribution < -0.4 is 11.0 Å². The van der Waals surface area contributed by atoms with Gasteiger partial charge in [0.05, 0.1) is 6.54 Å². The molecular formula is C8H16N4OS. The summed E-state index contributed by atoms with van der Waals surface area (Å²) < 4.78 is 0. The molecule has 0 amide bonds. The zero-order valence-electron chi connectivity index (χ0n) is 8.46. The third-order valence-electron chi connectivity index (χ3n) is 1.74. The zero-order valence-corrected chi connectivity index (χ0v) is 9.28. The van der Waals surface area contributed by atoms with Crippen LogP contribution in [0.1, 0.15) is 19.7 Å². The monoisotopic (exact) mass is 216 g/mol. The van der Waals surface area contributed by atoms with Gasteiger partial charge in [0.15, 0.2) is 0 Å². The summed E-state index contributed by atoms with van der Waals surface area (Å²) in [6.45, 7) is 4.86. The van der Waals surface area contributed by atoms with Gasteiger partial charge in [-0.3, -0.25) is 4.98 Å². The lowest BCUT2D eigenvalue weighted by atomic mass is 10.4. The Morgan fingerprint density at radius 2 is 2.43 bits per heavy atom. The molecule has 0 radical (unpaired) electrons. The summed E-state index contributed by atoms with van der Waals surface area (Å²) in [5.74, 6) is 2.86. The van der Waals surface area contributed by atoms with Gasteiger partial charge in [0.25, 0.3) is 0 Å². The Kier molecular flexibility index (Phi) is 4.75. The number of aromatic nitrogens is 3. The van der Waals surface area contributed by atoms with E-state index in [1.54, 1.807) is 0 Å². The van der Waals surface area contributed by atoms with Crippen LogP contribution in [0, 0.1) is 0 Å². The number of hydrogen-bond acceptors (Lipinski definition) is 4. The number of nitrogens with one attached hydrogen (secondary N) is 3. The van der Waals surface area contributed by atoms with Gasteiger partial charge < -0.3 is 5.32 Å². The molecule has 1 atom stereocenters. The number of nitrogens with zero attached hydrogens (tertiary/aromatic N) is 1. The Hall–Kier alpha value is -0.750. The van der Waals surface area contributed by atoms with Crippen LogP contribution in [0.4, 0.5) is 0 Å². The second kappa shape index (κ2) is 5.87. The molecule has 1 heterocycles. The highest BCUT2D eigenvalue weighted by Gasteiger charge is 2.02. The van der Waals surface area contributed by atoms with Gasteiger partial charge in [-0.1, -0.05) is 6.92 Å². The van der Waals surface area contributed by atoms with Crippen LogP contribution in [0.3, 0.4) is 0 Å². The minimum Gasteiger partial charge on any atom is -0.306 e. The third kappa shape index (κ3) is 3.97. The standard InChI is InChI=1S/C8H16N4OS/c1-3-14-5-6(2)9-4-7-10-8(13)12-11-7/h6,9H,3-5H2,1-2H3,(H2,10,11,12,13)/t6-/m1/s1. The molecular weight excluding hydrogens is 200 g/mol. The molecule has 1 aromatic heterocycles. The molecule has 80 valence electrons. The van der Waals surface area contributed by atoms with E-state index in [0.29, 0.717) is 18.4 Å². The molecule has 6 heteroatoms. The highest BCUT2D eigenvalue weighted by atomic mass is 32.2. The van der Waals surface area contributed by atoms with Crippen molar-refractivity contribution in [3.63, 3.8) is 0 Å². The van der Waals surface area contributed by atoms with E-state index in [1.165, 1.54) is 0 Å². The van der Waals surface area contributed by atoms with E-state index < -0.39 is 0 Å². The molecule has 0 spiro atoms. The zero-order chi connectivity index (χ0) is 10.4. The first-order chi connectivity index (χ1) is 6.72. The lowest BCUT2D eigenvalue weighted by molar-refractivity contribution is 0.580. The molecule has 0 aromatic carbocycles. The van der Waals surface area contributed by atoms with Crippen molar-refractivity contribution in [2.24, 2.45) is 0 Å². The second-order valence-corrected chi connectivity index (χ2v) is 4.38. The molecule has 0 unspecified atom stereocenters. The van der Waals surface area contributed by atoms with Crippen LogP contribution in [-0.2, 0) is 6.54 Å². The Bertz CT molecular complexity index is 308. The highest BCUT2D eigenvalue weighted by molar-refractivity contribution is 7.99. The van der Waals surface area contributed by atoms with Crippen molar-refractivity contribution in [3.8, 4) is 0 Å². The van der Waals surface area contributed by atoms with Crippen molar-refractivity contribution in [3.05, 3.63) is 16.3 Å². The van der Waals surface area contributed by atoms with E-state index >= 15 is 0 Å². The van der Waals surface area contributed by atoms with Crippen LogP contribution in [0.15, 0.2) is 4.79 Å². The minimum atomic E-state index is -0.252. The Morgan fingerprint density at radius 1 is 1.64 bits per heavy atom. The predicted molar refractivity (Wildman–Crippen MR) is 58.5 cm³/mol. The topological polar surface area (TPSA) is 73.6 Å². The average Bonchev–Trinajstić information content (AvgIpc) is 2.58. The van der Waals surface area contributed by atoms with Crippen LogP contribution in [-0.4, -0.2) is 32.7 Å². The lowest BCUT2D eigenvalue weighted by Crippen LogP contribution is -2.28. The van der Waals surface area contributed by atoms with E-state index in [1.807, 2.05) is 11.8 Å². The van der Waals surface area contributed by atoms with Gasteiger partial charge in [0.2, 0.25) is 0 Å². The SMILES string of the molecule is CCSC[C@@H](C)NCc1n[nH]c(=O)[nH]1. The molecule has 0 aliphatic carbocycles. The number of thioether (sulfide) groups is 1. The van der Waals surface area contributed by atoms with Crippen molar-refractivity contribution in [2.45, 2.75) is 26.4 Å². The Labute approximate surface area is 87.1 Å². The fourth-order valence-electron chi connectivity index (χ4n) is 1.01. The predicted octanol–water partition coefficient (Wildman–Crippen LogP) is 0.329. The van der Waals surface area contributed by atoms with E-state index in [2.05, 4.69) is 34.3 Å². The Morgan fingerprint density at radius 3 is 3.00 bits per heavy atom. The maximum atomic E-state index is 10.7. The molecule has 14 heavy (non-hydrogen) atoms. The summed E-state index contributed by atoms with van der Waals surface area (Å²) in [6, 6.07) is 0.431.